The van der Waals surface area contributed by atoms with Crippen molar-refractivity contribution in [3.8, 4) is 5.75 Å². The van der Waals surface area contributed by atoms with Crippen molar-refractivity contribution < 1.29 is 14.3 Å². The summed E-state index contributed by atoms with van der Waals surface area (Å²) in [5.74, 6) is 0.574. The molecule has 0 radical (unpaired) electrons. The van der Waals surface area contributed by atoms with Crippen LogP contribution in [0, 0.1) is 5.92 Å². The standard InChI is InChI=1S/C25H31ClN2O3/c1-17(2)14-15-31-23-11-7-6-10-20(23)24(29)28-19-12-13-22(26)21(16-19)25(30)27-18-8-4-3-5-9-18/h6-7,10-13,16-18H,3-5,8-9,14-15H2,1-2H3,(H,27,30)(H,28,29). The SMILES string of the molecule is CC(C)CCOc1ccccc1C(=O)Nc1ccc(Cl)c(C(=O)NC2CCCCC2)c1. The quantitative estimate of drug-likeness (QED) is 0.520. The smallest absolute Gasteiger partial charge is 0.259 e. The molecule has 0 spiro atoms. The van der Waals surface area contributed by atoms with Gasteiger partial charge in [0, 0.05) is 11.7 Å². The van der Waals surface area contributed by atoms with Crippen LogP contribution in [0.15, 0.2) is 42.5 Å². The van der Waals surface area contributed by atoms with Gasteiger partial charge in [-0.15, -0.1) is 0 Å². The summed E-state index contributed by atoms with van der Waals surface area (Å²) in [6.45, 7) is 4.81. The van der Waals surface area contributed by atoms with Gasteiger partial charge < -0.3 is 15.4 Å². The number of hydrogen-bond acceptors (Lipinski definition) is 3. The van der Waals surface area contributed by atoms with Gasteiger partial charge in [-0.3, -0.25) is 9.59 Å². The third-order valence-corrected chi connectivity index (χ3v) is 5.82. The normalized spacial score (nSPS) is 14.3. The maximum atomic E-state index is 12.9. The van der Waals surface area contributed by atoms with E-state index in [1.165, 1.54) is 6.42 Å². The molecule has 2 N–H and O–H groups in total. The van der Waals surface area contributed by atoms with E-state index in [-0.39, 0.29) is 17.9 Å². The Morgan fingerprint density at radius 2 is 1.77 bits per heavy atom. The first-order valence-electron chi connectivity index (χ1n) is 11.1. The molecule has 1 saturated carbocycles. The molecule has 0 bridgehead atoms. The fraction of sp³-hybridized carbons (Fsp3) is 0.440. The lowest BCUT2D eigenvalue weighted by atomic mass is 9.95. The van der Waals surface area contributed by atoms with Crippen molar-refractivity contribution in [2.75, 3.05) is 11.9 Å². The van der Waals surface area contributed by atoms with Crippen LogP contribution < -0.4 is 15.4 Å². The Kier molecular flexibility index (Phi) is 8.35. The van der Waals surface area contributed by atoms with Crippen LogP contribution in [0.4, 0.5) is 5.69 Å². The van der Waals surface area contributed by atoms with Crippen LogP contribution in [0.25, 0.3) is 0 Å². The van der Waals surface area contributed by atoms with Gasteiger partial charge in [0.1, 0.15) is 5.75 Å². The van der Waals surface area contributed by atoms with E-state index in [2.05, 4.69) is 24.5 Å². The number of ether oxygens (including phenoxy) is 1. The van der Waals surface area contributed by atoms with Gasteiger partial charge in [-0.2, -0.15) is 0 Å². The average Bonchev–Trinajstić information content (AvgIpc) is 2.75. The predicted molar refractivity (Wildman–Crippen MR) is 125 cm³/mol. The van der Waals surface area contributed by atoms with Crippen molar-refractivity contribution in [1.82, 2.24) is 5.32 Å². The molecule has 0 aliphatic heterocycles. The Bertz CT molecular complexity index is 907. The molecule has 2 amide bonds. The van der Waals surface area contributed by atoms with E-state index in [1.54, 1.807) is 36.4 Å². The van der Waals surface area contributed by atoms with Crippen LogP contribution in [0.3, 0.4) is 0 Å². The van der Waals surface area contributed by atoms with Gasteiger partial charge in [0.15, 0.2) is 0 Å². The highest BCUT2D eigenvalue weighted by Crippen LogP contribution is 2.25. The van der Waals surface area contributed by atoms with Gasteiger partial charge in [-0.25, -0.2) is 0 Å². The molecule has 0 saturated heterocycles. The number of anilines is 1. The minimum atomic E-state index is -0.291. The fourth-order valence-electron chi connectivity index (χ4n) is 3.67. The Hall–Kier alpha value is -2.53. The van der Waals surface area contributed by atoms with E-state index < -0.39 is 0 Å². The summed E-state index contributed by atoms with van der Waals surface area (Å²) < 4.78 is 5.83. The summed E-state index contributed by atoms with van der Waals surface area (Å²) in [6.07, 6.45) is 6.38. The Balaban J connectivity index is 1.69. The number of carbonyl (C=O) groups excluding carboxylic acids is 2. The summed E-state index contributed by atoms with van der Waals surface area (Å²) in [6, 6.07) is 12.3. The maximum Gasteiger partial charge on any atom is 0.259 e. The molecular formula is C25H31ClN2O3. The summed E-state index contributed by atoms with van der Waals surface area (Å²) >= 11 is 6.28. The molecule has 0 aromatic heterocycles. The number of carbonyl (C=O) groups is 2. The zero-order valence-electron chi connectivity index (χ0n) is 18.2. The highest BCUT2D eigenvalue weighted by molar-refractivity contribution is 6.34. The van der Waals surface area contributed by atoms with Crippen molar-refractivity contribution in [3.05, 3.63) is 58.6 Å². The van der Waals surface area contributed by atoms with Crippen LogP contribution in [-0.2, 0) is 0 Å². The summed E-state index contributed by atoms with van der Waals surface area (Å²) in [4.78, 5) is 25.6. The van der Waals surface area contributed by atoms with Crippen LogP contribution >= 0.6 is 11.6 Å². The second kappa shape index (κ2) is 11.2. The molecule has 166 valence electrons. The number of benzene rings is 2. The molecule has 6 heteroatoms. The van der Waals surface area contributed by atoms with Gasteiger partial charge in [0.05, 0.1) is 22.8 Å². The number of rotatable bonds is 8. The summed E-state index contributed by atoms with van der Waals surface area (Å²) in [5.41, 5.74) is 1.33. The van der Waals surface area contributed by atoms with E-state index in [1.807, 2.05) is 6.07 Å². The summed E-state index contributed by atoms with van der Waals surface area (Å²) in [7, 11) is 0. The molecule has 0 unspecified atom stereocenters. The van der Waals surface area contributed by atoms with Crippen molar-refractivity contribution in [2.24, 2.45) is 5.92 Å². The number of nitrogens with one attached hydrogen (secondary N) is 2. The molecule has 0 heterocycles. The van der Waals surface area contributed by atoms with Crippen LogP contribution in [0.2, 0.25) is 5.02 Å². The Labute approximate surface area is 189 Å². The lowest BCUT2D eigenvalue weighted by molar-refractivity contribution is 0.0926. The van der Waals surface area contributed by atoms with Crippen molar-refractivity contribution >= 4 is 29.1 Å². The van der Waals surface area contributed by atoms with E-state index in [9.17, 15) is 9.59 Å². The Morgan fingerprint density at radius 1 is 1.03 bits per heavy atom. The first-order valence-corrected chi connectivity index (χ1v) is 11.5. The molecule has 5 nitrogen and oxygen atoms in total. The van der Waals surface area contributed by atoms with Crippen LogP contribution in [0.1, 0.15) is 73.1 Å². The number of para-hydroxylation sites is 1. The lowest BCUT2D eigenvalue weighted by Crippen LogP contribution is -2.36. The zero-order chi connectivity index (χ0) is 22.2. The first-order chi connectivity index (χ1) is 14.9. The van der Waals surface area contributed by atoms with Crippen molar-refractivity contribution in [3.63, 3.8) is 0 Å². The molecule has 0 atom stereocenters. The van der Waals surface area contributed by atoms with Crippen molar-refractivity contribution in [2.45, 2.75) is 58.4 Å². The Morgan fingerprint density at radius 3 is 2.52 bits per heavy atom. The van der Waals surface area contributed by atoms with Crippen molar-refractivity contribution in [1.29, 1.82) is 0 Å². The zero-order valence-corrected chi connectivity index (χ0v) is 19.0. The second-order valence-corrected chi connectivity index (χ2v) is 8.89. The topological polar surface area (TPSA) is 67.4 Å². The van der Waals surface area contributed by atoms with E-state index in [4.69, 9.17) is 16.3 Å². The first kappa shape index (κ1) is 23.1. The molecule has 1 aliphatic carbocycles. The minimum Gasteiger partial charge on any atom is -0.493 e. The fourth-order valence-corrected chi connectivity index (χ4v) is 3.87. The predicted octanol–water partition coefficient (Wildman–Crippen LogP) is 6.08. The highest BCUT2D eigenvalue weighted by atomic mass is 35.5. The van der Waals surface area contributed by atoms with Crippen LogP contribution in [-0.4, -0.2) is 24.5 Å². The second-order valence-electron chi connectivity index (χ2n) is 8.48. The van der Waals surface area contributed by atoms with E-state index in [0.717, 1.165) is 32.1 Å². The van der Waals surface area contributed by atoms with E-state index >= 15 is 0 Å². The number of halogens is 1. The van der Waals surface area contributed by atoms with E-state index in [0.29, 0.717) is 40.1 Å². The van der Waals surface area contributed by atoms with Gasteiger partial charge in [-0.05, 0) is 55.5 Å². The molecule has 31 heavy (non-hydrogen) atoms. The third-order valence-electron chi connectivity index (χ3n) is 5.49. The van der Waals surface area contributed by atoms with Gasteiger partial charge >= 0.3 is 0 Å². The lowest BCUT2D eigenvalue weighted by Gasteiger charge is -2.23. The molecule has 1 aliphatic rings. The minimum absolute atomic E-state index is 0.186. The van der Waals surface area contributed by atoms with Gasteiger partial charge in [0.25, 0.3) is 11.8 Å². The average molecular weight is 443 g/mol. The van der Waals surface area contributed by atoms with Gasteiger partial charge in [-0.1, -0.05) is 56.8 Å². The van der Waals surface area contributed by atoms with Crippen LogP contribution in [0.5, 0.6) is 5.75 Å². The molecule has 2 aromatic rings. The monoisotopic (exact) mass is 442 g/mol. The molecular weight excluding hydrogens is 412 g/mol. The molecule has 3 rings (SSSR count). The molecule has 2 aromatic carbocycles. The highest BCUT2D eigenvalue weighted by Gasteiger charge is 2.19. The number of amides is 2. The third kappa shape index (κ3) is 6.73. The van der Waals surface area contributed by atoms with Gasteiger partial charge in [0.2, 0.25) is 0 Å². The largest absolute Gasteiger partial charge is 0.493 e. The molecule has 1 fully saturated rings. The summed E-state index contributed by atoms with van der Waals surface area (Å²) in [5, 5.41) is 6.30. The maximum absolute atomic E-state index is 12.9. The number of hydrogen-bond donors (Lipinski definition) is 2.